The number of pyridine rings is 1. The summed E-state index contributed by atoms with van der Waals surface area (Å²) in [5.74, 6) is 0.296. The van der Waals surface area contributed by atoms with Gasteiger partial charge in [-0.15, -0.1) is 0 Å². The second-order valence-electron chi connectivity index (χ2n) is 6.30. The fourth-order valence-corrected chi connectivity index (χ4v) is 3.18. The van der Waals surface area contributed by atoms with Gasteiger partial charge in [-0.2, -0.15) is 5.10 Å². The average molecular weight is 389 g/mol. The number of amides is 1. The standard InChI is InChI=1S/C22H17ClN4O/c1-15-12-17(13-20(23)24-15)22(28)25-21-14-19(16-8-4-2-5-9-16)26-27(21)18-10-6-3-7-11-18/h2-14H,1H3,(H,25,28). The number of carbonyl (C=O) groups is 1. The lowest BCUT2D eigenvalue weighted by Gasteiger charge is -2.09. The topological polar surface area (TPSA) is 59.8 Å². The first-order valence-electron chi connectivity index (χ1n) is 8.76. The summed E-state index contributed by atoms with van der Waals surface area (Å²) in [6.07, 6.45) is 0. The van der Waals surface area contributed by atoms with Crippen LogP contribution in [0.5, 0.6) is 0 Å². The highest BCUT2D eigenvalue weighted by atomic mass is 35.5. The van der Waals surface area contributed by atoms with E-state index >= 15 is 0 Å². The number of hydrogen-bond donors (Lipinski definition) is 1. The van der Waals surface area contributed by atoms with E-state index in [-0.39, 0.29) is 11.1 Å². The molecule has 0 radical (unpaired) electrons. The minimum absolute atomic E-state index is 0.274. The van der Waals surface area contributed by atoms with Crippen LogP contribution in [0.2, 0.25) is 5.15 Å². The van der Waals surface area contributed by atoms with Crippen LogP contribution in [0, 0.1) is 6.92 Å². The van der Waals surface area contributed by atoms with Gasteiger partial charge in [-0.1, -0.05) is 60.1 Å². The van der Waals surface area contributed by atoms with Gasteiger partial charge < -0.3 is 5.32 Å². The van der Waals surface area contributed by atoms with Crippen LogP contribution in [0.3, 0.4) is 0 Å². The smallest absolute Gasteiger partial charge is 0.256 e. The van der Waals surface area contributed by atoms with Crippen LogP contribution in [0.25, 0.3) is 16.9 Å². The largest absolute Gasteiger partial charge is 0.306 e. The first-order valence-corrected chi connectivity index (χ1v) is 9.14. The molecule has 0 aliphatic heterocycles. The first kappa shape index (κ1) is 17.9. The summed E-state index contributed by atoms with van der Waals surface area (Å²) in [5, 5.41) is 7.93. The summed E-state index contributed by atoms with van der Waals surface area (Å²) in [6.45, 7) is 1.80. The summed E-state index contributed by atoms with van der Waals surface area (Å²) in [5.41, 5.74) is 3.71. The molecule has 0 bridgehead atoms. The zero-order chi connectivity index (χ0) is 19.5. The summed E-state index contributed by atoms with van der Waals surface area (Å²) in [4.78, 5) is 16.9. The number of nitrogens with one attached hydrogen (secondary N) is 1. The SMILES string of the molecule is Cc1cc(C(=O)Nc2cc(-c3ccccc3)nn2-c2ccccc2)cc(Cl)n1. The Morgan fingerprint density at radius 2 is 1.64 bits per heavy atom. The number of carbonyl (C=O) groups excluding carboxylic acids is 1. The van der Waals surface area contributed by atoms with Crippen molar-refractivity contribution in [1.29, 1.82) is 0 Å². The minimum atomic E-state index is -0.274. The van der Waals surface area contributed by atoms with Gasteiger partial charge in [-0.05, 0) is 31.2 Å². The Balaban J connectivity index is 1.74. The van der Waals surface area contributed by atoms with Gasteiger partial charge in [0, 0.05) is 22.9 Å². The van der Waals surface area contributed by atoms with Gasteiger partial charge in [0.1, 0.15) is 11.0 Å². The number of aryl methyl sites for hydroxylation is 1. The van der Waals surface area contributed by atoms with E-state index in [1.807, 2.05) is 66.7 Å². The summed E-state index contributed by atoms with van der Waals surface area (Å²) in [6, 6.07) is 24.6. The Kier molecular flexibility index (Phi) is 4.91. The molecule has 0 aliphatic carbocycles. The van der Waals surface area contributed by atoms with Gasteiger partial charge >= 0.3 is 0 Å². The Bertz CT molecular complexity index is 1100. The molecular weight excluding hydrogens is 372 g/mol. The van der Waals surface area contributed by atoms with Crippen molar-refractivity contribution in [3.05, 3.63) is 95.3 Å². The maximum absolute atomic E-state index is 12.8. The summed E-state index contributed by atoms with van der Waals surface area (Å²) in [7, 11) is 0. The zero-order valence-corrected chi connectivity index (χ0v) is 15.9. The van der Waals surface area contributed by atoms with Crippen molar-refractivity contribution < 1.29 is 4.79 Å². The normalized spacial score (nSPS) is 10.6. The number of benzene rings is 2. The van der Waals surface area contributed by atoms with Crippen LogP contribution in [-0.4, -0.2) is 20.7 Å². The minimum Gasteiger partial charge on any atom is -0.306 e. The van der Waals surface area contributed by atoms with Crippen LogP contribution in [0.1, 0.15) is 16.1 Å². The summed E-state index contributed by atoms with van der Waals surface area (Å²) >= 11 is 6.00. The monoisotopic (exact) mass is 388 g/mol. The molecule has 2 aromatic carbocycles. The van der Waals surface area contributed by atoms with Gasteiger partial charge in [0.15, 0.2) is 0 Å². The molecule has 1 N–H and O–H groups in total. The molecule has 0 unspecified atom stereocenters. The molecule has 0 saturated carbocycles. The van der Waals surface area contributed by atoms with Gasteiger partial charge in [-0.3, -0.25) is 4.79 Å². The van der Waals surface area contributed by atoms with Crippen molar-refractivity contribution in [2.45, 2.75) is 6.92 Å². The predicted octanol–water partition coefficient (Wildman–Crippen LogP) is 5.15. The van der Waals surface area contributed by atoms with Crippen LogP contribution in [0.4, 0.5) is 5.82 Å². The number of aromatic nitrogens is 3. The quantitative estimate of drug-likeness (QED) is 0.492. The zero-order valence-electron chi connectivity index (χ0n) is 15.1. The Morgan fingerprint density at radius 1 is 0.964 bits per heavy atom. The molecule has 0 fully saturated rings. The maximum atomic E-state index is 12.8. The highest BCUT2D eigenvalue weighted by Gasteiger charge is 2.15. The second kappa shape index (κ2) is 7.66. The third kappa shape index (κ3) is 3.80. The lowest BCUT2D eigenvalue weighted by atomic mass is 10.1. The molecule has 0 aliphatic rings. The van der Waals surface area contributed by atoms with E-state index in [4.69, 9.17) is 16.7 Å². The van der Waals surface area contributed by atoms with Crippen LogP contribution in [-0.2, 0) is 0 Å². The average Bonchev–Trinajstić information content (AvgIpc) is 3.12. The third-order valence-corrected chi connectivity index (χ3v) is 4.40. The van der Waals surface area contributed by atoms with Gasteiger partial charge in [0.05, 0.1) is 11.4 Å². The number of nitrogens with zero attached hydrogens (tertiary/aromatic N) is 3. The number of hydrogen-bond acceptors (Lipinski definition) is 3. The molecular formula is C22H17ClN4O. The lowest BCUT2D eigenvalue weighted by molar-refractivity contribution is 0.102. The summed E-state index contributed by atoms with van der Waals surface area (Å²) < 4.78 is 1.72. The molecule has 0 spiro atoms. The van der Waals surface area contributed by atoms with E-state index in [9.17, 15) is 4.79 Å². The number of para-hydroxylation sites is 1. The first-order chi connectivity index (χ1) is 13.6. The molecule has 0 atom stereocenters. The van der Waals surface area contributed by atoms with E-state index in [1.54, 1.807) is 23.7 Å². The molecule has 4 rings (SSSR count). The van der Waals surface area contributed by atoms with Crippen LogP contribution < -0.4 is 5.32 Å². The van der Waals surface area contributed by atoms with Gasteiger partial charge in [-0.25, -0.2) is 9.67 Å². The fourth-order valence-electron chi connectivity index (χ4n) is 2.93. The van der Waals surface area contributed by atoms with Crippen molar-refractivity contribution in [2.24, 2.45) is 0 Å². The Hall–Kier alpha value is -3.44. The van der Waals surface area contributed by atoms with E-state index < -0.39 is 0 Å². The number of halogens is 1. The Labute approximate surface area is 167 Å². The van der Waals surface area contributed by atoms with Crippen molar-refractivity contribution in [2.75, 3.05) is 5.32 Å². The Morgan fingerprint density at radius 3 is 2.32 bits per heavy atom. The molecule has 0 saturated heterocycles. The van der Waals surface area contributed by atoms with Crippen molar-refractivity contribution in [3.8, 4) is 16.9 Å². The third-order valence-electron chi connectivity index (χ3n) is 4.21. The van der Waals surface area contributed by atoms with E-state index in [1.165, 1.54) is 0 Å². The van der Waals surface area contributed by atoms with Crippen molar-refractivity contribution in [3.63, 3.8) is 0 Å². The molecule has 28 heavy (non-hydrogen) atoms. The molecule has 2 heterocycles. The molecule has 2 aromatic heterocycles. The van der Waals surface area contributed by atoms with E-state index in [0.717, 1.165) is 16.9 Å². The van der Waals surface area contributed by atoms with Gasteiger partial charge in [0.25, 0.3) is 5.91 Å². The van der Waals surface area contributed by atoms with Gasteiger partial charge in [0.2, 0.25) is 0 Å². The van der Waals surface area contributed by atoms with E-state index in [0.29, 0.717) is 17.1 Å². The lowest BCUT2D eigenvalue weighted by Crippen LogP contribution is -2.15. The number of anilines is 1. The molecule has 1 amide bonds. The highest BCUT2D eigenvalue weighted by Crippen LogP contribution is 2.25. The van der Waals surface area contributed by atoms with Crippen molar-refractivity contribution >= 4 is 23.3 Å². The van der Waals surface area contributed by atoms with Crippen LogP contribution >= 0.6 is 11.6 Å². The maximum Gasteiger partial charge on any atom is 0.256 e. The molecule has 138 valence electrons. The van der Waals surface area contributed by atoms with Crippen LogP contribution in [0.15, 0.2) is 78.9 Å². The molecule has 6 heteroatoms. The fraction of sp³-hybridized carbons (Fsp3) is 0.0455. The van der Waals surface area contributed by atoms with Crippen molar-refractivity contribution in [1.82, 2.24) is 14.8 Å². The van der Waals surface area contributed by atoms with E-state index in [2.05, 4.69) is 10.3 Å². The number of rotatable bonds is 4. The molecule has 5 nitrogen and oxygen atoms in total. The molecule has 4 aromatic rings. The predicted molar refractivity (Wildman–Crippen MR) is 111 cm³/mol. The highest BCUT2D eigenvalue weighted by molar-refractivity contribution is 6.29. The second-order valence-corrected chi connectivity index (χ2v) is 6.69.